The number of nitrogens with zero attached hydrogens (tertiary/aromatic N) is 2. The van der Waals surface area contributed by atoms with Crippen molar-refractivity contribution >= 4 is 17.1 Å². The van der Waals surface area contributed by atoms with E-state index in [1.54, 1.807) is 18.2 Å². The zero-order valence-electron chi connectivity index (χ0n) is 13.2. The number of nitro groups is 2. The van der Waals surface area contributed by atoms with Crippen LogP contribution in [0.4, 0.5) is 17.1 Å². The summed E-state index contributed by atoms with van der Waals surface area (Å²) in [5.41, 5.74) is 2.25. The molecule has 1 aliphatic carbocycles. The van der Waals surface area contributed by atoms with Crippen molar-refractivity contribution in [3.8, 4) is 0 Å². The summed E-state index contributed by atoms with van der Waals surface area (Å²) in [7, 11) is 0. The van der Waals surface area contributed by atoms with E-state index in [9.17, 15) is 20.2 Å². The molecule has 0 bridgehead atoms. The van der Waals surface area contributed by atoms with Crippen LogP contribution in [0, 0.1) is 26.1 Å². The molecule has 7 nitrogen and oxygen atoms in total. The third kappa shape index (κ3) is 2.44. The van der Waals surface area contributed by atoms with Crippen molar-refractivity contribution in [3.63, 3.8) is 0 Å². The Morgan fingerprint density at radius 1 is 1.04 bits per heavy atom. The third-order valence-corrected chi connectivity index (χ3v) is 5.01. The Morgan fingerprint density at radius 2 is 1.84 bits per heavy atom. The molecule has 0 fully saturated rings. The van der Waals surface area contributed by atoms with Crippen molar-refractivity contribution in [2.45, 2.75) is 18.4 Å². The number of para-hydroxylation sites is 1. The quantitative estimate of drug-likeness (QED) is 0.510. The maximum Gasteiger partial charge on any atom is 0.292 e. The number of rotatable bonds is 3. The predicted octanol–water partition coefficient (Wildman–Crippen LogP) is 4.33. The SMILES string of the molecule is O=[N+]([O-])c1cccc([C@H]2Nc3c(cccc3[N+](=O)[O-])[C@H]3C=CC[C@H]32)c1. The highest BCUT2D eigenvalue weighted by atomic mass is 16.6. The summed E-state index contributed by atoms with van der Waals surface area (Å²) in [5, 5.41) is 25.8. The minimum Gasteiger partial charge on any atom is -0.372 e. The van der Waals surface area contributed by atoms with E-state index in [-0.39, 0.29) is 29.3 Å². The number of allylic oxidation sites excluding steroid dienone is 2. The van der Waals surface area contributed by atoms with Gasteiger partial charge < -0.3 is 5.32 Å². The van der Waals surface area contributed by atoms with Gasteiger partial charge in [0.1, 0.15) is 5.69 Å². The Morgan fingerprint density at radius 3 is 2.60 bits per heavy atom. The molecule has 3 atom stereocenters. The van der Waals surface area contributed by atoms with Crippen molar-refractivity contribution in [2.75, 3.05) is 5.32 Å². The summed E-state index contributed by atoms with van der Waals surface area (Å²) >= 11 is 0. The molecular weight excluding hydrogens is 322 g/mol. The van der Waals surface area contributed by atoms with E-state index < -0.39 is 9.85 Å². The lowest BCUT2D eigenvalue weighted by atomic mass is 9.76. The number of nitrogens with one attached hydrogen (secondary N) is 1. The maximum absolute atomic E-state index is 11.4. The van der Waals surface area contributed by atoms with Crippen LogP contribution in [0.5, 0.6) is 0 Å². The first-order valence-electron chi connectivity index (χ1n) is 8.01. The molecule has 1 N–H and O–H groups in total. The average Bonchev–Trinajstić information content (AvgIpc) is 3.10. The van der Waals surface area contributed by atoms with E-state index >= 15 is 0 Å². The number of hydrogen-bond acceptors (Lipinski definition) is 5. The number of non-ortho nitro benzene ring substituents is 1. The monoisotopic (exact) mass is 337 g/mol. The molecule has 7 heteroatoms. The lowest BCUT2D eigenvalue weighted by Crippen LogP contribution is -2.29. The zero-order valence-corrected chi connectivity index (χ0v) is 13.2. The smallest absolute Gasteiger partial charge is 0.292 e. The van der Waals surface area contributed by atoms with Crippen LogP contribution in [-0.2, 0) is 0 Å². The summed E-state index contributed by atoms with van der Waals surface area (Å²) in [6.07, 6.45) is 4.99. The predicted molar refractivity (Wildman–Crippen MR) is 92.5 cm³/mol. The standard InChI is InChI=1S/C18H15N3O4/c22-20(23)12-5-1-4-11(10-12)17-14-7-2-6-13(14)15-8-3-9-16(21(24)25)18(15)19-17/h1-6,8-10,13-14,17,19H,7H2/t13-,14+,17+/m0/s1. The van der Waals surface area contributed by atoms with E-state index in [1.165, 1.54) is 12.1 Å². The van der Waals surface area contributed by atoms with E-state index in [0.29, 0.717) is 5.69 Å². The zero-order chi connectivity index (χ0) is 17.6. The molecule has 0 spiro atoms. The van der Waals surface area contributed by atoms with Gasteiger partial charge in [-0.25, -0.2) is 0 Å². The van der Waals surface area contributed by atoms with Crippen LogP contribution in [0.1, 0.15) is 29.5 Å². The van der Waals surface area contributed by atoms with Gasteiger partial charge in [0.25, 0.3) is 11.4 Å². The van der Waals surface area contributed by atoms with Crippen molar-refractivity contribution < 1.29 is 9.85 Å². The fourth-order valence-electron chi connectivity index (χ4n) is 3.92. The molecule has 0 aromatic heterocycles. The fourth-order valence-corrected chi connectivity index (χ4v) is 3.92. The molecule has 0 amide bonds. The summed E-state index contributed by atoms with van der Waals surface area (Å²) in [4.78, 5) is 21.7. The Balaban J connectivity index is 1.83. The van der Waals surface area contributed by atoms with Crippen molar-refractivity contribution in [2.24, 2.45) is 5.92 Å². The highest BCUT2D eigenvalue weighted by molar-refractivity contribution is 5.71. The van der Waals surface area contributed by atoms with Crippen LogP contribution in [0.15, 0.2) is 54.6 Å². The summed E-state index contributed by atoms with van der Waals surface area (Å²) < 4.78 is 0. The van der Waals surface area contributed by atoms with Crippen molar-refractivity contribution in [1.29, 1.82) is 0 Å². The molecule has 0 unspecified atom stereocenters. The van der Waals surface area contributed by atoms with Crippen LogP contribution in [0.25, 0.3) is 0 Å². The maximum atomic E-state index is 11.4. The molecular formula is C18H15N3O4. The van der Waals surface area contributed by atoms with Crippen molar-refractivity contribution in [3.05, 3.63) is 86.0 Å². The van der Waals surface area contributed by atoms with Gasteiger partial charge in [-0.3, -0.25) is 20.2 Å². The first kappa shape index (κ1) is 15.3. The second kappa shape index (κ2) is 5.70. The highest BCUT2D eigenvalue weighted by Crippen LogP contribution is 2.52. The minimum atomic E-state index is -0.424. The highest BCUT2D eigenvalue weighted by Gasteiger charge is 2.40. The topological polar surface area (TPSA) is 98.3 Å². The summed E-state index contributed by atoms with van der Waals surface area (Å²) in [6, 6.07) is 11.4. The van der Waals surface area contributed by atoms with Crippen LogP contribution in [0.3, 0.4) is 0 Å². The van der Waals surface area contributed by atoms with Gasteiger partial charge in [-0.15, -0.1) is 0 Å². The van der Waals surface area contributed by atoms with Gasteiger partial charge in [-0.05, 0) is 23.5 Å². The lowest BCUT2D eigenvalue weighted by molar-refractivity contribution is -0.384. The third-order valence-electron chi connectivity index (χ3n) is 5.01. The Bertz CT molecular complexity index is 909. The van der Waals surface area contributed by atoms with Gasteiger partial charge in [0, 0.05) is 24.1 Å². The molecule has 2 aromatic rings. The molecule has 25 heavy (non-hydrogen) atoms. The van der Waals surface area contributed by atoms with Gasteiger partial charge >= 0.3 is 0 Å². The van der Waals surface area contributed by atoms with Gasteiger partial charge in [-0.2, -0.15) is 0 Å². The largest absolute Gasteiger partial charge is 0.372 e. The van der Waals surface area contributed by atoms with E-state index in [4.69, 9.17) is 0 Å². The minimum absolute atomic E-state index is 0.0233. The number of anilines is 1. The van der Waals surface area contributed by atoms with Crippen molar-refractivity contribution in [1.82, 2.24) is 0 Å². The van der Waals surface area contributed by atoms with Gasteiger partial charge in [0.05, 0.1) is 15.9 Å². The number of hydrogen-bond donors (Lipinski definition) is 1. The van der Waals surface area contributed by atoms with E-state index in [1.807, 2.05) is 12.1 Å². The van der Waals surface area contributed by atoms with Gasteiger partial charge in [0.15, 0.2) is 0 Å². The summed E-state index contributed by atoms with van der Waals surface area (Å²) in [5.74, 6) is 0.247. The molecule has 126 valence electrons. The number of benzene rings is 2. The van der Waals surface area contributed by atoms with Crippen LogP contribution in [0.2, 0.25) is 0 Å². The first-order valence-corrected chi connectivity index (χ1v) is 8.01. The molecule has 2 aromatic carbocycles. The Hall–Kier alpha value is -3.22. The number of nitro benzene ring substituents is 2. The fraction of sp³-hybridized carbons (Fsp3) is 0.222. The Labute approximate surface area is 143 Å². The first-order chi connectivity index (χ1) is 12.1. The second-order valence-corrected chi connectivity index (χ2v) is 6.33. The summed E-state index contributed by atoms with van der Waals surface area (Å²) in [6.45, 7) is 0. The van der Waals surface area contributed by atoms with Crippen LogP contribution < -0.4 is 5.32 Å². The van der Waals surface area contributed by atoms with Crippen LogP contribution >= 0.6 is 0 Å². The molecule has 4 rings (SSSR count). The molecule has 0 radical (unpaired) electrons. The van der Waals surface area contributed by atoms with E-state index in [2.05, 4.69) is 17.5 Å². The van der Waals surface area contributed by atoms with E-state index in [0.717, 1.165) is 17.5 Å². The molecule has 0 saturated carbocycles. The molecule has 1 heterocycles. The average molecular weight is 337 g/mol. The molecule has 2 aliphatic rings. The van der Waals surface area contributed by atoms with Gasteiger partial charge in [-0.1, -0.05) is 36.4 Å². The normalized spacial score (nSPS) is 23.4. The van der Waals surface area contributed by atoms with Crippen LogP contribution in [-0.4, -0.2) is 9.85 Å². The molecule has 0 saturated heterocycles. The Kier molecular flexibility index (Phi) is 3.49. The lowest BCUT2D eigenvalue weighted by Gasteiger charge is -2.37. The number of fused-ring (bicyclic) bond motifs is 3. The van der Waals surface area contributed by atoms with Gasteiger partial charge in [0.2, 0.25) is 0 Å². The molecule has 1 aliphatic heterocycles. The second-order valence-electron chi connectivity index (χ2n) is 6.33.